The Labute approximate surface area is 239 Å². The lowest BCUT2D eigenvalue weighted by atomic mass is 9.70. The number of nitrogens with two attached hydrogens (primary N) is 4. The topological polar surface area (TPSA) is 186 Å². The Morgan fingerprint density at radius 1 is 0.976 bits per heavy atom. The highest BCUT2D eigenvalue weighted by atomic mass is 32.1. The monoisotopic (exact) mass is 571 g/mol. The second kappa shape index (κ2) is 10.2. The number of ketones is 1. The first-order valence-electron chi connectivity index (χ1n) is 13.2. The summed E-state index contributed by atoms with van der Waals surface area (Å²) in [6, 6.07) is 18.4. The molecule has 9 N–H and O–H groups in total. The minimum atomic E-state index is -1.57. The number of carbonyl (C=O) groups excluding carboxylic acids is 3. The maximum atomic E-state index is 14.0. The molecule has 1 saturated carbocycles. The largest absolute Gasteiger partial charge is 0.457 e. The fourth-order valence-corrected chi connectivity index (χ4v) is 7.05. The Balaban J connectivity index is 1.35. The number of anilines is 1. The average Bonchev–Trinajstić information content (AvgIpc) is 3.57. The molecular weight excluding hydrogens is 542 g/mol. The molecule has 2 aliphatic carbocycles. The van der Waals surface area contributed by atoms with Crippen LogP contribution in [0.4, 0.5) is 10.5 Å². The highest BCUT2D eigenvalue weighted by Gasteiger charge is 2.49. The molecule has 4 unspecified atom stereocenters. The zero-order chi connectivity index (χ0) is 28.9. The summed E-state index contributed by atoms with van der Waals surface area (Å²) in [6.07, 6.45) is 0.466. The molecule has 1 heterocycles. The number of primary amides is 1. The number of hydrogen-bond donors (Lipinski definition) is 5. The van der Waals surface area contributed by atoms with Crippen LogP contribution in [0.1, 0.15) is 51.7 Å². The van der Waals surface area contributed by atoms with Crippen molar-refractivity contribution in [1.29, 1.82) is 0 Å². The summed E-state index contributed by atoms with van der Waals surface area (Å²) in [5.74, 6) is 0.465. The highest BCUT2D eigenvalue weighted by molar-refractivity contribution is 7.21. The molecule has 0 aliphatic heterocycles. The van der Waals surface area contributed by atoms with Crippen molar-refractivity contribution in [1.82, 2.24) is 5.32 Å². The zero-order valence-electron chi connectivity index (χ0n) is 22.0. The summed E-state index contributed by atoms with van der Waals surface area (Å²) in [5, 5.41) is 3.62. The summed E-state index contributed by atoms with van der Waals surface area (Å²) >= 11 is 1.19. The standard InChI is InChI=1S/C30H29N5O5S/c31-21-13-12-20-22-23(26(41-25(21)22)28(37)35-16-8-11-19(14-16)40-29(33)38)24(32)27(36)30(20,34)15-6-9-18(10-7-15)39-17-4-2-1-3-5-17/h1-7,9-10,12-13,16,19,24H,8,11,14,31-32,34H2,(H2,33,38)(H,35,37). The van der Waals surface area contributed by atoms with E-state index in [1.807, 2.05) is 30.3 Å². The number of ether oxygens (including phenoxy) is 2. The molecule has 4 aromatic rings. The van der Waals surface area contributed by atoms with Gasteiger partial charge in [0.1, 0.15) is 23.1 Å². The van der Waals surface area contributed by atoms with Crippen LogP contribution < -0.4 is 33.0 Å². The van der Waals surface area contributed by atoms with E-state index >= 15 is 0 Å². The number of hydrogen-bond acceptors (Lipinski definition) is 9. The van der Waals surface area contributed by atoms with E-state index in [0.717, 1.165) is 0 Å². The molecule has 1 aromatic heterocycles. The van der Waals surface area contributed by atoms with Gasteiger partial charge < -0.3 is 37.7 Å². The lowest BCUT2D eigenvalue weighted by Gasteiger charge is -2.36. The van der Waals surface area contributed by atoms with Gasteiger partial charge >= 0.3 is 6.09 Å². The van der Waals surface area contributed by atoms with Crippen LogP contribution in [0.2, 0.25) is 0 Å². The maximum absolute atomic E-state index is 14.0. The molecule has 3 aromatic carbocycles. The number of Topliss-reactive ketones (excluding diaryl/α,β-unsaturated/α-hetero) is 1. The molecule has 2 amide bonds. The summed E-state index contributed by atoms with van der Waals surface area (Å²) in [4.78, 5) is 38.9. The lowest BCUT2D eigenvalue weighted by Crippen LogP contribution is -2.52. The van der Waals surface area contributed by atoms with Crippen molar-refractivity contribution in [3.8, 4) is 11.5 Å². The fraction of sp³-hybridized carbons (Fsp3) is 0.233. The molecule has 0 bridgehead atoms. The number of para-hydroxylation sites is 1. The van der Waals surface area contributed by atoms with Gasteiger partial charge in [0.25, 0.3) is 5.91 Å². The van der Waals surface area contributed by atoms with Crippen molar-refractivity contribution in [2.45, 2.75) is 43.0 Å². The van der Waals surface area contributed by atoms with Crippen molar-refractivity contribution >= 4 is 44.9 Å². The van der Waals surface area contributed by atoms with Crippen LogP contribution in [0.3, 0.4) is 0 Å². The first kappa shape index (κ1) is 26.8. The van der Waals surface area contributed by atoms with Gasteiger partial charge in [-0.15, -0.1) is 11.3 Å². The molecule has 1 fully saturated rings. The van der Waals surface area contributed by atoms with E-state index in [4.69, 9.17) is 32.4 Å². The van der Waals surface area contributed by atoms with Crippen LogP contribution in [-0.4, -0.2) is 29.9 Å². The summed E-state index contributed by atoms with van der Waals surface area (Å²) in [6.45, 7) is 0. The van der Waals surface area contributed by atoms with Gasteiger partial charge in [-0.05, 0) is 54.3 Å². The normalized spacial score (nSPS) is 23.4. The number of amides is 2. The molecular formula is C30H29N5O5S. The molecule has 41 heavy (non-hydrogen) atoms. The Kier molecular flexibility index (Phi) is 6.65. The van der Waals surface area contributed by atoms with Gasteiger partial charge in [0.2, 0.25) is 0 Å². The molecule has 0 saturated heterocycles. The summed E-state index contributed by atoms with van der Waals surface area (Å²) in [5.41, 5.74) is 25.4. The second-order valence-electron chi connectivity index (χ2n) is 10.4. The number of carbonyl (C=O) groups is 3. The van der Waals surface area contributed by atoms with Crippen LogP contribution in [0, 0.1) is 0 Å². The van der Waals surface area contributed by atoms with Crippen molar-refractivity contribution in [2.75, 3.05) is 5.73 Å². The first-order valence-corrected chi connectivity index (χ1v) is 14.0. The number of rotatable bonds is 6. The average molecular weight is 572 g/mol. The van der Waals surface area contributed by atoms with Gasteiger partial charge in [-0.2, -0.15) is 0 Å². The molecule has 0 radical (unpaired) electrons. The Bertz CT molecular complexity index is 1670. The van der Waals surface area contributed by atoms with Crippen LogP contribution in [0.15, 0.2) is 66.7 Å². The van der Waals surface area contributed by atoms with Crippen LogP contribution in [-0.2, 0) is 15.1 Å². The van der Waals surface area contributed by atoms with Crippen LogP contribution >= 0.6 is 11.3 Å². The molecule has 4 atom stereocenters. The van der Waals surface area contributed by atoms with E-state index in [1.54, 1.807) is 36.4 Å². The quantitative estimate of drug-likeness (QED) is 0.216. The molecule has 0 spiro atoms. The number of benzene rings is 3. The fourth-order valence-electron chi connectivity index (χ4n) is 5.85. The minimum Gasteiger partial charge on any atom is -0.457 e. The third-order valence-electron chi connectivity index (χ3n) is 7.81. The maximum Gasteiger partial charge on any atom is 0.404 e. The molecule has 10 nitrogen and oxygen atoms in total. The Morgan fingerprint density at radius 3 is 2.39 bits per heavy atom. The van der Waals surface area contributed by atoms with Gasteiger partial charge in [-0.1, -0.05) is 36.4 Å². The number of thiophene rings is 1. The molecule has 6 rings (SSSR count). The molecule has 11 heteroatoms. The Morgan fingerprint density at radius 2 is 1.68 bits per heavy atom. The number of nitrogen functional groups attached to an aromatic ring is 1. The zero-order valence-corrected chi connectivity index (χ0v) is 22.8. The van der Waals surface area contributed by atoms with Crippen molar-refractivity contribution in [3.05, 3.63) is 88.3 Å². The van der Waals surface area contributed by atoms with Gasteiger partial charge in [-0.25, -0.2) is 4.79 Å². The van der Waals surface area contributed by atoms with Gasteiger partial charge in [0, 0.05) is 29.1 Å². The van der Waals surface area contributed by atoms with E-state index < -0.39 is 23.5 Å². The van der Waals surface area contributed by atoms with E-state index in [-0.39, 0.29) is 18.1 Å². The third-order valence-corrected chi connectivity index (χ3v) is 9.06. The smallest absolute Gasteiger partial charge is 0.404 e. The first-order chi connectivity index (χ1) is 19.7. The van der Waals surface area contributed by atoms with Crippen molar-refractivity contribution in [2.24, 2.45) is 17.2 Å². The predicted octanol–water partition coefficient (Wildman–Crippen LogP) is 3.81. The minimum absolute atomic E-state index is 0.221. The van der Waals surface area contributed by atoms with Crippen LogP contribution in [0.5, 0.6) is 11.5 Å². The predicted molar refractivity (Wildman–Crippen MR) is 156 cm³/mol. The number of nitrogens with one attached hydrogen (secondary N) is 1. The molecule has 2 aliphatic rings. The van der Waals surface area contributed by atoms with Crippen molar-refractivity contribution < 1.29 is 23.9 Å². The van der Waals surface area contributed by atoms with Gasteiger partial charge in [0.15, 0.2) is 5.78 Å². The molecule has 210 valence electrons. The van der Waals surface area contributed by atoms with E-state index in [2.05, 4.69) is 5.32 Å². The second-order valence-corrected chi connectivity index (χ2v) is 11.4. The van der Waals surface area contributed by atoms with E-state index in [1.165, 1.54) is 11.3 Å². The summed E-state index contributed by atoms with van der Waals surface area (Å²) < 4.78 is 11.6. The SMILES string of the molecule is NC(=O)OC1CCC(NC(=O)c2sc3c(N)ccc4c3c2C(N)C(=O)C4(N)c2ccc(Oc3ccccc3)cc2)C1. The Hall–Kier alpha value is -4.45. The highest BCUT2D eigenvalue weighted by Crippen LogP contribution is 2.49. The van der Waals surface area contributed by atoms with Crippen LogP contribution in [0.25, 0.3) is 10.1 Å². The van der Waals surface area contributed by atoms with E-state index in [9.17, 15) is 14.4 Å². The summed E-state index contributed by atoms with van der Waals surface area (Å²) in [7, 11) is 0. The lowest BCUT2D eigenvalue weighted by molar-refractivity contribution is -0.124. The third kappa shape index (κ3) is 4.57. The van der Waals surface area contributed by atoms with Gasteiger partial charge in [0.05, 0.1) is 15.6 Å². The van der Waals surface area contributed by atoms with E-state index in [0.29, 0.717) is 68.1 Å². The van der Waals surface area contributed by atoms with Crippen molar-refractivity contribution in [3.63, 3.8) is 0 Å². The van der Waals surface area contributed by atoms with Gasteiger partial charge in [-0.3, -0.25) is 9.59 Å².